The first-order valence-electron chi connectivity index (χ1n) is 6.01. The molecule has 1 aromatic carbocycles. The van der Waals surface area contributed by atoms with Gasteiger partial charge in [-0.05, 0) is 38.0 Å². The number of nitrogens with one attached hydrogen (secondary N) is 1. The van der Waals surface area contributed by atoms with Gasteiger partial charge in [-0.25, -0.2) is 0 Å². The Balaban J connectivity index is 1.91. The molecule has 18 heavy (non-hydrogen) atoms. The predicted molar refractivity (Wildman–Crippen MR) is 74.6 cm³/mol. The molecule has 0 unspecified atom stereocenters. The van der Waals surface area contributed by atoms with E-state index in [1.807, 2.05) is 6.92 Å². The second-order valence-corrected chi connectivity index (χ2v) is 5.31. The van der Waals surface area contributed by atoms with Gasteiger partial charge in [-0.3, -0.25) is 4.79 Å². The molecule has 0 heterocycles. The van der Waals surface area contributed by atoms with E-state index in [4.69, 9.17) is 16.3 Å². The van der Waals surface area contributed by atoms with Gasteiger partial charge in [0, 0.05) is 17.5 Å². The van der Waals surface area contributed by atoms with Crippen LogP contribution in [0.3, 0.4) is 0 Å². The van der Waals surface area contributed by atoms with Crippen molar-refractivity contribution >= 4 is 30.1 Å². The van der Waals surface area contributed by atoms with Crippen LogP contribution in [0.2, 0.25) is 5.02 Å². The van der Waals surface area contributed by atoms with Crippen LogP contribution in [-0.4, -0.2) is 24.7 Å². The summed E-state index contributed by atoms with van der Waals surface area (Å²) in [7, 11) is 0. The second-order valence-electron chi connectivity index (χ2n) is 4.38. The first kappa shape index (κ1) is 13.7. The van der Waals surface area contributed by atoms with Gasteiger partial charge in [-0.2, -0.15) is 0 Å². The smallest absolute Gasteiger partial charge is 0.253 e. The van der Waals surface area contributed by atoms with E-state index in [9.17, 15) is 4.79 Å². The normalized spacial score (nSPS) is 22.4. The lowest BCUT2D eigenvalue weighted by Gasteiger charge is -2.35. The number of amides is 1. The maximum absolute atomic E-state index is 12.0. The van der Waals surface area contributed by atoms with Crippen molar-refractivity contribution in [2.24, 2.45) is 0 Å². The van der Waals surface area contributed by atoms with Gasteiger partial charge in [0.25, 0.3) is 5.91 Å². The first-order valence-corrected chi connectivity index (χ1v) is 6.83. The van der Waals surface area contributed by atoms with E-state index in [-0.39, 0.29) is 18.1 Å². The summed E-state index contributed by atoms with van der Waals surface area (Å²) in [5.41, 5.74) is 0.476. The molecule has 1 amide bonds. The highest BCUT2D eigenvalue weighted by Gasteiger charge is 2.31. The minimum atomic E-state index is -0.143. The fourth-order valence-electron chi connectivity index (χ4n) is 2.01. The standard InChI is InChI=1S/C13H16ClNO2S/c1-2-17-9-5-8(6-9)15-13(16)11-7-10(18)3-4-12(11)14/h3-4,7-9,18H,2,5-6H2,1H3,(H,15,16). The van der Waals surface area contributed by atoms with E-state index >= 15 is 0 Å². The van der Waals surface area contributed by atoms with Crippen LogP contribution in [0.5, 0.6) is 0 Å². The maximum Gasteiger partial charge on any atom is 0.253 e. The Morgan fingerprint density at radius 3 is 2.94 bits per heavy atom. The molecule has 0 aliphatic heterocycles. The van der Waals surface area contributed by atoms with Crippen molar-refractivity contribution in [1.82, 2.24) is 5.32 Å². The average molecular weight is 286 g/mol. The largest absolute Gasteiger partial charge is 0.378 e. The third kappa shape index (κ3) is 3.19. The van der Waals surface area contributed by atoms with Gasteiger partial charge < -0.3 is 10.1 Å². The number of hydrogen-bond acceptors (Lipinski definition) is 3. The minimum absolute atomic E-state index is 0.143. The molecule has 0 aromatic heterocycles. The number of thiol groups is 1. The summed E-state index contributed by atoms with van der Waals surface area (Å²) in [6, 6.07) is 5.31. The van der Waals surface area contributed by atoms with Gasteiger partial charge in [0.1, 0.15) is 0 Å². The SMILES string of the molecule is CCOC1CC(NC(=O)c2cc(S)ccc2Cl)C1. The lowest BCUT2D eigenvalue weighted by atomic mass is 9.89. The number of carbonyl (C=O) groups excluding carboxylic acids is 1. The second kappa shape index (κ2) is 5.95. The van der Waals surface area contributed by atoms with Crippen LogP contribution in [0.15, 0.2) is 23.1 Å². The number of benzene rings is 1. The third-order valence-electron chi connectivity index (χ3n) is 3.03. The molecule has 0 bridgehead atoms. The highest BCUT2D eigenvalue weighted by atomic mass is 35.5. The molecule has 2 rings (SSSR count). The van der Waals surface area contributed by atoms with E-state index in [0.29, 0.717) is 10.6 Å². The van der Waals surface area contributed by atoms with Crippen LogP contribution in [0, 0.1) is 0 Å². The van der Waals surface area contributed by atoms with Crippen molar-refractivity contribution in [2.75, 3.05) is 6.61 Å². The molecule has 0 radical (unpaired) electrons. The molecular weight excluding hydrogens is 270 g/mol. The maximum atomic E-state index is 12.0. The van der Waals surface area contributed by atoms with E-state index in [2.05, 4.69) is 17.9 Å². The molecule has 1 aliphatic rings. The van der Waals surface area contributed by atoms with Crippen LogP contribution >= 0.6 is 24.2 Å². The van der Waals surface area contributed by atoms with Crippen molar-refractivity contribution < 1.29 is 9.53 Å². The van der Waals surface area contributed by atoms with E-state index in [1.54, 1.807) is 18.2 Å². The molecule has 1 aliphatic carbocycles. The van der Waals surface area contributed by atoms with E-state index in [0.717, 1.165) is 24.3 Å². The summed E-state index contributed by atoms with van der Waals surface area (Å²) in [5, 5.41) is 3.40. The molecule has 3 nitrogen and oxygen atoms in total. The summed E-state index contributed by atoms with van der Waals surface area (Å²) in [6.45, 7) is 2.70. The number of rotatable bonds is 4. The first-order chi connectivity index (χ1) is 8.60. The van der Waals surface area contributed by atoms with Crippen LogP contribution in [0.1, 0.15) is 30.1 Å². The average Bonchev–Trinajstić information content (AvgIpc) is 2.29. The van der Waals surface area contributed by atoms with Crippen LogP contribution < -0.4 is 5.32 Å². The molecule has 1 aromatic rings. The van der Waals surface area contributed by atoms with Crippen LogP contribution in [0.4, 0.5) is 0 Å². The van der Waals surface area contributed by atoms with Gasteiger partial charge in [0.2, 0.25) is 0 Å². The number of halogens is 1. The molecule has 1 fully saturated rings. The Bertz CT molecular complexity index is 447. The van der Waals surface area contributed by atoms with E-state index in [1.165, 1.54) is 0 Å². The highest BCUT2D eigenvalue weighted by Crippen LogP contribution is 2.25. The highest BCUT2D eigenvalue weighted by molar-refractivity contribution is 7.80. The number of ether oxygens (including phenoxy) is 1. The Morgan fingerprint density at radius 2 is 2.28 bits per heavy atom. The molecule has 1 saturated carbocycles. The molecule has 0 atom stereocenters. The van der Waals surface area contributed by atoms with Gasteiger partial charge in [-0.15, -0.1) is 12.6 Å². The van der Waals surface area contributed by atoms with Gasteiger partial charge in [0.15, 0.2) is 0 Å². The summed E-state index contributed by atoms with van der Waals surface area (Å²) < 4.78 is 5.45. The van der Waals surface area contributed by atoms with Gasteiger partial charge >= 0.3 is 0 Å². The summed E-state index contributed by atoms with van der Waals surface area (Å²) >= 11 is 10.2. The Kier molecular flexibility index (Phi) is 4.54. The van der Waals surface area contributed by atoms with Crippen molar-refractivity contribution in [2.45, 2.75) is 36.8 Å². The van der Waals surface area contributed by atoms with Crippen molar-refractivity contribution in [3.63, 3.8) is 0 Å². The van der Waals surface area contributed by atoms with Crippen LogP contribution in [0.25, 0.3) is 0 Å². The summed E-state index contributed by atoms with van der Waals surface area (Å²) in [5.74, 6) is -0.143. The van der Waals surface area contributed by atoms with Gasteiger partial charge in [-0.1, -0.05) is 11.6 Å². The Morgan fingerprint density at radius 1 is 1.56 bits per heavy atom. The third-order valence-corrected chi connectivity index (χ3v) is 3.63. The topological polar surface area (TPSA) is 38.3 Å². The van der Waals surface area contributed by atoms with Crippen molar-refractivity contribution in [3.05, 3.63) is 28.8 Å². The Labute approximate surface area is 117 Å². The molecular formula is C13H16ClNO2S. The van der Waals surface area contributed by atoms with Gasteiger partial charge in [0.05, 0.1) is 16.7 Å². The number of hydrogen-bond donors (Lipinski definition) is 2. The summed E-state index contributed by atoms with van der Waals surface area (Å²) in [4.78, 5) is 12.7. The molecule has 0 saturated heterocycles. The lowest BCUT2D eigenvalue weighted by molar-refractivity contribution is -0.00862. The number of carbonyl (C=O) groups is 1. The zero-order valence-corrected chi connectivity index (χ0v) is 11.8. The Hall–Kier alpha value is -0.710. The van der Waals surface area contributed by atoms with Crippen LogP contribution in [-0.2, 0) is 4.74 Å². The predicted octanol–water partition coefficient (Wildman–Crippen LogP) is 2.93. The zero-order chi connectivity index (χ0) is 13.1. The monoisotopic (exact) mass is 285 g/mol. The zero-order valence-electron chi connectivity index (χ0n) is 10.1. The molecule has 98 valence electrons. The quantitative estimate of drug-likeness (QED) is 0.835. The fourth-order valence-corrected chi connectivity index (χ4v) is 2.41. The molecule has 5 heteroatoms. The molecule has 0 spiro atoms. The lowest BCUT2D eigenvalue weighted by Crippen LogP contribution is -2.47. The van der Waals surface area contributed by atoms with E-state index < -0.39 is 0 Å². The van der Waals surface area contributed by atoms with Crippen molar-refractivity contribution in [3.8, 4) is 0 Å². The summed E-state index contributed by atoms with van der Waals surface area (Å²) in [6.07, 6.45) is 2.03. The minimum Gasteiger partial charge on any atom is -0.378 e. The van der Waals surface area contributed by atoms with Crippen molar-refractivity contribution in [1.29, 1.82) is 0 Å². The fraction of sp³-hybridized carbons (Fsp3) is 0.462. The molecule has 1 N–H and O–H groups in total.